The van der Waals surface area contributed by atoms with Gasteiger partial charge in [-0.1, -0.05) is 12.1 Å². The van der Waals surface area contributed by atoms with Crippen LogP contribution in [0.3, 0.4) is 0 Å². The molecule has 6 nitrogen and oxygen atoms in total. The summed E-state index contributed by atoms with van der Waals surface area (Å²) in [5.74, 6) is -0.363. The highest BCUT2D eigenvalue weighted by atomic mass is 32.1. The topological polar surface area (TPSA) is 83.1 Å². The molecule has 0 aliphatic rings. The lowest BCUT2D eigenvalue weighted by Crippen LogP contribution is -2.43. The van der Waals surface area contributed by atoms with Gasteiger partial charge in [0.1, 0.15) is 0 Å². The first-order valence-electron chi connectivity index (χ1n) is 6.44. The van der Waals surface area contributed by atoms with E-state index in [0.717, 1.165) is 0 Å². The number of carbonyl (C=O) groups excluding carboxylic acids is 2. The zero-order valence-electron chi connectivity index (χ0n) is 11.8. The third kappa shape index (κ3) is 4.35. The van der Waals surface area contributed by atoms with Crippen LogP contribution in [0.25, 0.3) is 0 Å². The van der Waals surface area contributed by atoms with E-state index in [2.05, 4.69) is 21.2 Å². The molecule has 0 atom stereocenters. The molecule has 0 saturated carbocycles. The van der Waals surface area contributed by atoms with E-state index in [9.17, 15) is 9.59 Å². The summed E-state index contributed by atoms with van der Waals surface area (Å²) in [6.07, 6.45) is 3.05. The van der Waals surface area contributed by atoms with Crippen molar-refractivity contribution in [1.29, 1.82) is 0 Å². The molecule has 0 fully saturated rings. The highest BCUT2D eigenvalue weighted by Gasteiger charge is 2.06. The number of benzene rings is 1. The normalized spacial score (nSPS) is 9.68. The molecule has 7 heteroatoms. The second-order valence-corrected chi connectivity index (χ2v) is 4.81. The van der Waals surface area contributed by atoms with Crippen molar-refractivity contribution in [3.63, 3.8) is 0 Å². The molecule has 0 bridgehead atoms. The lowest BCUT2D eigenvalue weighted by molar-refractivity contribution is 0.0943. The Labute approximate surface area is 132 Å². The average molecular weight is 314 g/mol. The zero-order chi connectivity index (χ0) is 15.9. The van der Waals surface area contributed by atoms with Gasteiger partial charge in [-0.05, 0) is 43.4 Å². The number of pyridine rings is 1. The fraction of sp³-hybridized carbons (Fsp3) is 0.0667. The highest BCUT2D eigenvalue weighted by molar-refractivity contribution is 7.80. The number of Topliss-reactive ketones (excluding diaryl/α,β-unsaturated/α-hetero) is 1. The van der Waals surface area contributed by atoms with Crippen LogP contribution >= 0.6 is 12.2 Å². The number of nitrogens with zero attached hydrogens (tertiary/aromatic N) is 1. The molecule has 2 rings (SSSR count). The van der Waals surface area contributed by atoms with Gasteiger partial charge >= 0.3 is 0 Å². The molecule has 2 aromatic rings. The Morgan fingerprint density at radius 1 is 1.05 bits per heavy atom. The standard InChI is InChI=1S/C15H14N4O2S/c1-10(20)12-3-2-4-13(9-12)17-15(22)19-18-14(21)11-5-7-16-8-6-11/h2-9H,1H3,(H,18,21)(H2,17,19,22). The summed E-state index contributed by atoms with van der Waals surface area (Å²) in [5, 5.41) is 3.10. The second kappa shape index (κ2) is 7.28. The Kier molecular flexibility index (Phi) is 5.16. The maximum atomic E-state index is 11.8. The van der Waals surface area contributed by atoms with E-state index < -0.39 is 0 Å². The Hall–Kier alpha value is -2.80. The first kappa shape index (κ1) is 15.6. The molecule has 0 aliphatic heterocycles. The van der Waals surface area contributed by atoms with Crippen LogP contribution < -0.4 is 16.2 Å². The van der Waals surface area contributed by atoms with E-state index in [1.165, 1.54) is 19.3 Å². The van der Waals surface area contributed by atoms with Crippen molar-refractivity contribution >= 4 is 34.7 Å². The van der Waals surface area contributed by atoms with Crippen molar-refractivity contribution in [2.45, 2.75) is 6.92 Å². The average Bonchev–Trinajstić information content (AvgIpc) is 2.53. The monoisotopic (exact) mass is 314 g/mol. The number of hydrazine groups is 1. The predicted molar refractivity (Wildman–Crippen MR) is 87.5 cm³/mol. The second-order valence-electron chi connectivity index (χ2n) is 4.41. The minimum absolute atomic E-state index is 0.0338. The molecular weight excluding hydrogens is 300 g/mol. The summed E-state index contributed by atoms with van der Waals surface area (Å²) in [5.41, 5.74) is 6.76. The third-order valence-corrected chi connectivity index (χ3v) is 2.96. The fourth-order valence-corrected chi connectivity index (χ4v) is 1.84. The Morgan fingerprint density at radius 3 is 2.45 bits per heavy atom. The summed E-state index contributed by atoms with van der Waals surface area (Å²) in [6, 6.07) is 10.1. The molecule has 22 heavy (non-hydrogen) atoms. The molecule has 3 N–H and O–H groups in total. The molecule has 0 spiro atoms. The summed E-state index contributed by atoms with van der Waals surface area (Å²) in [4.78, 5) is 27.0. The van der Waals surface area contributed by atoms with Gasteiger partial charge in [-0.15, -0.1) is 0 Å². The van der Waals surface area contributed by atoms with E-state index in [1.807, 2.05) is 0 Å². The van der Waals surface area contributed by atoms with Crippen molar-refractivity contribution in [3.8, 4) is 0 Å². The SMILES string of the molecule is CC(=O)c1cccc(NC(=S)NNC(=O)c2ccncc2)c1. The molecule has 112 valence electrons. The van der Waals surface area contributed by atoms with E-state index in [0.29, 0.717) is 16.8 Å². The number of rotatable bonds is 3. The molecule has 1 aromatic carbocycles. The van der Waals surface area contributed by atoms with Crippen molar-refractivity contribution in [1.82, 2.24) is 15.8 Å². The fourth-order valence-electron chi connectivity index (χ4n) is 1.67. The molecule has 1 heterocycles. The van der Waals surface area contributed by atoms with Gasteiger partial charge in [-0.2, -0.15) is 0 Å². The largest absolute Gasteiger partial charge is 0.331 e. The van der Waals surface area contributed by atoms with Crippen LogP contribution in [0.1, 0.15) is 27.6 Å². The smallest absolute Gasteiger partial charge is 0.269 e. The number of carbonyl (C=O) groups is 2. The maximum Gasteiger partial charge on any atom is 0.269 e. The third-order valence-electron chi connectivity index (χ3n) is 2.76. The number of hydrogen-bond donors (Lipinski definition) is 3. The van der Waals surface area contributed by atoms with Crippen LogP contribution in [0.15, 0.2) is 48.8 Å². The van der Waals surface area contributed by atoms with Crippen LogP contribution in [-0.2, 0) is 0 Å². The molecule has 0 radical (unpaired) electrons. The van der Waals surface area contributed by atoms with E-state index in [4.69, 9.17) is 12.2 Å². The molecule has 0 saturated heterocycles. The quantitative estimate of drug-likeness (QED) is 0.456. The molecule has 1 amide bonds. The van der Waals surface area contributed by atoms with Crippen LogP contribution in [0, 0.1) is 0 Å². The van der Waals surface area contributed by atoms with Gasteiger partial charge < -0.3 is 5.32 Å². The lowest BCUT2D eigenvalue weighted by Gasteiger charge is -2.12. The summed E-state index contributed by atoms with van der Waals surface area (Å²) >= 11 is 5.08. The van der Waals surface area contributed by atoms with E-state index >= 15 is 0 Å². The zero-order valence-corrected chi connectivity index (χ0v) is 12.6. The van der Waals surface area contributed by atoms with E-state index in [-0.39, 0.29) is 16.8 Å². The van der Waals surface area contributed by atoms with Gasteiger partial charge in [0.25, 0.3) is 5.91 Å². The van der Waals surface area contributed by atoms with Gasteiger partial charge in [0.15, 0.2) is 10.9 Å². The van der Waals surface area contributed by atoms with Gasteiger partial charge in [0.05, 0.1) is 0 Å². The van der Waals surface area contributed by atoms with Gasteiger partial charge in [0.2, 0.25) is 0 Å². The maximum absolute atomic E-state index is 11.8. The number of nitrogens with one attached hydrogen (secondary N) is 3. The number of aromatic nitrogens is 1. The molecule has 0 unspecified atom stereocenters. The summed E-state index contributed by atoms with van der Waals surface area (Å²) in [6.45, 7) is 1.49. The van der Waals surface area contributed by atoms with E-state index in [1.54, 1.807) is 36.4 Å². The van der Waals surface area contributed by atoms with Gasteiger partial charge in [-0.3, -0.25) is 25.4 Å². The van der Waals surface area contributed by atoms with Gasteiger partial charge in [-0.25, -0.2) is 0 Å². The Bertz CT molecular complexity index is 704. The minimum atomic E-state index is -0.330. The number of thiocarbonyl (C=S) groups is 1. The highest BCUT2D eigenvalue weighted by Crippen LogP contribution is 2.10. The number of ketones is 1. The summed E-state index contributed by atoms with van der Waals surface area (Å²) < 4.78 is 0. The lowest BCUT2D eigenvalue weighted by atomic mass is 10.1. The van der Waals surface area contributed by atoms with Gasteiger partial charge in [0, 0.05) is 29.2 Å². The van der Waals surface area contributed by atoms with Crippen molar-refractivity contribution < 1.29 is 9.59 Å². The first-order chi connectivity index (χ1) is 10.6. The van der Waals surface area contributed by atoms with Crippen LogP contribution in [0.2, 0.25) is 0 Å². The Morgan fingerprint density at radius 2 is 1.77 bits per heavy atom. The van der Waals surface area contributed by atoms with Crippen molar-refractivity contribution in [3.05, 3.63) is 59.9 Å². The van der Waals surface area contributed by atoms with Crippen LogP contribution in [0.5, 0.6) is 0 Å². The molecular formula is C15H14N4O2S. The number of hydrogen-bond acceptors (Lipinski definition) is 4. The molecule has 0 aliphatic carbocycles. The minimum Gasteiger partial charge on any atom is -0.331 e. The number of amides is 1. The first-order valence-corrected chi connectivity index (χ1v) is 6.85. The van der Waals surface area contributed by atoms with Crippen LogP contribution in [0.4, 0.5) is 5.69 Å². The van der Waals surface area contributed by atoms with Crippen molar-refractivity contribution in [2.75, 3.05) is 5.32 Å². The number of anilines is 1. The Balaban J connectivity index is 1.89. The van der Waals surface area contributed by atoms with Crippen molar-refractivity contribution in [2.24, 2.45) is 0 Å². The predicted octanol–water partition coefficient (Wildman–Crippen LogP) is 1.92. The van der Waals surface area contributed by atoms with Crippen LogP contribution in [-0.4, -0.2) is 21.8 Å². The summed E-state index contributed by atoms with van der Waals surface area (Å²) in [7, 11) is 0. The molecule has 1 aromatic heterocycles.